The van der Waals surface area contributed by atoms with Crippen molar-refractivity contribution in [3.05, 3.63) is 24.3 Å². The molecule has 0 radical (unpaired) electrons. The Morgan fingerprint density at radius 3 is 1.10 bits per heavy atom. The molecule has 0 saturated heterocycles. The van der Waals surface area contributed by atoms with E-state index >= 15 is 0 Å². The Balaban J connectivity index is -0.000000846. The van der Waals surface area contributed by atoms with Gasteiger partial charge in [0.2, 0.25) is 0 Å². The van der Waals surface area contributed by atoms with Crippen molar-refractivity contribution >= 4 is 61.6 Å². The van der Waals surface area contributed by atoms with Gasteiger partial charge in [0.1, 0.15) is 24.9 Å². The maximum absolute atomic E-state index is 11.2. The monoisotopic (exact) mass is 726 g/mol. The van der Waals surface area contributed by atoms with Gasteiger partial charge < -0.3 is 49.2 Å². The molecule has 0 aliphatic carbocycles. The first-order chi connectivity index (χ1) is 22.6. The smallest absolute Gasteiger partial charge is 0.550 e. The van der Waals surface area contributed by atoms with E-state index in [9.17, 15) is 49.8 Å². The van der Waals surface area contributed by atoms with Gasteiger partial charge in [-0.1, -0.05) is 52.0 Å². The number of aliphatic hydroxyl groups excluding tert-OH is 2. The van der Waals surface area contributed by atoms with E-state index in [4.69, 9.17) is 0 Å². The number of carboxylic acids is 4. The number of quaternary nitrogens is 2. The van der Waals surface area contributed by atoms with Gasteiger partial charge in [0, 0.05) is 23.8 Å². The molecule has 0 heterocycles. The second kappa shape index (κ2) is 30.1. The number of allylic oxidation sites excluding steroid dienone is 4. The van der Waals surface area contributed by atoms with Crippen LogP contribution in [-0.4, -0.2) is 157 Å². The van der Waals surface area contributed by atoms with Gasteiger partial charge in [-0.2, -0.15) is 0 Å². The third kappa shape index (κ3) is 25.1. The summed E-state index contributed by atoms with van der Waals surface area (Å²) in [6, 6.07) is 0. The van der Waals surface area contributed by atoms with Crippen LogP contribution in [0.5, 0.6) is 0 Å². The zero-order chi connectivity index (χ0) is 37.2. The second-order valence-corrected chi connectivity index (χ2v) is 13.4. The summed E-state index contributed by atoms with van der Waals surface area (Å²) in [5.74, 6) is -6.62. The second-order valence-electron chi connectivity index (χ2n) is 13.4. The van der Waals surface area contributed by atoms with Crippen LogP contribution in [-0.2, 0) is 19.2 Å². The molecular weight excluding hydrogens is 660 g/mol. The fourth-order valence-electron chi connectivity index (χ4n) is 6.14. The van der Waals surface area contributed by atoms with Crippen molar-refractivity contribution < 1.29 is 58.8 Å². The molecule has 0 bridgehead atoms. The van der Waals surface area contributed by atoms with E-state index in [0.29, 0.717) is 48.2 Å². The molecule has 4 N–H and O–H groups in total. The zero-order valence-corrected chi connectivity index (χ0v) is 33.4. The number of hydrogen-bond acceptors (Lipinski definition) is 8. The van der Waals surface area contributed by atoms with Crippen molar-refractivity contribution in [2.45, 2.75) is 92.9 Å². The standard InChI is InChI=1S/2C18H33NO5.Ca/c2*1-4-5-6-7-8-9-10-19(11-12-20,13-15(2)17(21)22)14-16(3)18(23)24;/h2*5-6,15-16,20H,4,7-14H2,1-3H3,(H-,21,22,23,24);/q;;+2/b2*6-5+;. The van der Waals surface area contributed by atoms with Gasteiger partial charge in [-0.05, 0) is 65.2 Å². The molecule has 49 heavy (non-hydrogen) atoms. The Morgan fingerprint density at radius 1 is 0.551 bits per heavy atom. The van der Waals surface area contributed by atoms with Gasteiger partial charge in [0.05, 0.1) is 52.5 Å². The minimum Gasteiger partial charge on any atom is -0.550 e. The topological polar surface area (TPSA) is 195 Å². The van der Waals surface area contributed by atoms with Gasteiger partial charge in [0.15, 0.2) is 0 Å². The van der Waals surface area contributed by atoms with Crippen LogP contribution in [0.4, 0.5) is 0 Å². The number of aliphatic carboxylic acids is 4. The summed E-state index contributed by atoms with van der Waals surface area (Å²) >= 11 is 0. The van der Waals surface area contributed by atoms with Gasteiger partial charge >= 0.3 is 49.7 Å². The molecule has 0 aromatic heterocycles. The van der Waals surface area contributed by atoms with Crippen LogP contribution >= 0.6 is 0 Å². The summed E-state index contributed by atoms with van der Waals surface area (Å²) < 4.78 is 0.604. The quantitative estimate of drug-likeness (QED) is 0.0399. The number of carbonyl (C=O) groups excluding carboxylic acids is 2. The molecule has 6 unspecified atom stereocenters. The summed E-state index contributed by atoms with van der Waals surface area (Å²) in [7, 11) is 0. The first-order valence-corrected chi connectivity index (χ1v) is 17.6. The third-order valence-corrected chi connectivity index (χ3v) is 8.75. The number of nitrogens with zero attached hydrogens (tertiary/aromatic N) is 2. The molecular formula is C36H66CaN2O10+2. The Kier molecular flexibility index (Phi) is 31.9. The molecule has 0 aliphatic heterocycles. The predicted octanol–water partition coefficient (Wildman–Crippen LogP) is 1.70. The van der Waals surface area contributed by atoms with E-state index < -0.39 is 47.5 Å². The molecule has 0 aromatic carbocycles. The minimum atomic E-state index is -1.13. The molecule has 0 aliphatic rings. The average Bonchev–Trinajstić information content (AvgIpc) is 3.00. The van der Waals surface area contributed by atoms with Gasteiger partial charge in [0.25, 0.3) is 0 Å². The molecule has 0 spiro atoms. The van der Waals surface area contributed by atoms with Crippen molar-refractivity contribution in [1.29, 1.82) is 0 Å². The molecule has 0 rings (SSSR count). The van der Waals surface area contributed by atoms with E-state index in [1.165, 1.54) is 0 Å². The molecule has 280 valence electrons. The summed E-state index contributed by atoms with van der Waals surface area (Å²) in [4.78, 5) is 44.8. The largest absolute Gasteiger partial charge is 2.00 e. The van der Waals surface area contributed by atoms with Crippen LogP contribution in [0.2, 0.25) is 0 Å². The van der Waals surface area contributed by atoms with Crippen molar-refractivity contribution in [1.82, 2.24) is 0 Å². The van der Waals surface area contributed by atoms with Crippen molar-refractivity contribution in [2.75, 3.05) is 65.6 Å². The SMILES string of the molecule is CC/C=C/CCCC[N+](CCO)(CC(C)C(=O)[O-])CC(C)C(=O)O.CC/C=C/CCCC[N+](CCO)(CC(C)C(=O)[O-])CC(C)C(=O)O.[Ca+2]. The maximum atomic E-state index is 11.2. The Morgan fingerprint density at radius 2 is 0.857 bits per heavy atom. The fraction of sp³-hybridized carbons (Fsp3) is 0.778. The van der Waals surface area contributed by atoms with Gasteiger partial charge in [-0.25, -0.2) is 0 Å². The van der Waals surface area contributed by atoms with Crippen molar-refractivity contribution in [2.24, 2.45) is 23.7 Å². The molecule has 12 nitrogen and oxygen atoms in total. The van der Waals surface area contributed by atoms with E-state index in [0.717, 1.165) is 51.4 Å². The number of aliphatic hydroxyl groups is 2. The molecule has 13 heteroatoms. The number of unbranched alkanes of at least 4 members (excludes halogenated alkanes) is 4. The molecule has 0 fully saturated rings. The van der Waals surface area contributed by atoms with Crippen LogP contribution in [0.15, 0.2) is 24.3 Å². The van der Waals surface area contributed by atoms with Crippen LogP contribution in [0.3, 0.4) is 0 Å². The average molecular weight is 727 g/mol. The fourth-order valence-corrected chi connectivity index (χ4v) is 6.14. The van der Waals surface area contributed by atoms with E-state index in [1.807, 2.05) is 0 Å². The summed E-state index contributed by atoms with van der Waals surface area (Å²) in [5, 5.41) is 59.6. The molecule has 0 aromatic rings. The molecule has 6 atom stereocenters. The molecule has 0 saturated carbocycles. The Hall–Kier alpha value is -1.54. The van der Waals surface area contributed by atoms with E-state index in [-0.39, 0.29) is 64.0 Å². The number of rotatable bonds is 28. The van der Waals surface area contributed by atoms with Crippen LogP contribution in [0, 0.1) is 23.7 Å². The minimum absolute atomic E-state index is 0. The molecule has 0 amide bonds. The number of hydrogen-bond donors (Lipinski definition) is 4. The normalized spacial score (nSPS) is 16.3. The Bertz CT molecular complexity index is 855. The van der Waals surface area contributed by atoms with Crippen molar-refractivity contribution in [3.8, 4) is 0 Å². The maximum Gasteiger partial charge on any atom is 2.00 e. The summed E-state index contributed by atoms with van der Waals surface area (Å²) in [6.45, 7) is 13.6. The van der Waals surface area contributed by atoms with E-state index in [2.05, 4.69) is 38.2 Å². The number of carboxylic acid groups (broad SMARTS) is 4. The first-order valence-electron chi connectivity index (χ1n) is 17.6. The van der Waals surface area contributed by atoms with Gasteiger partial charge in [-0.15, -0.1) is 0 Å². The number of carbonyl (C=O) groups is 4. The summed E-state index contributed by atoms with van der Waals surface area (Å²) in [5.41, 5.74) is 0. The third-order valence-electron chi connectivity index (χ3n) is 8.75. The zero-order valence-electron chi connectivity index (χ0n) is 31.2. The van der Waals surface area contributed by atoms with Crippen LogP contribution in [0.25, 0.3) is 0 Å². The van der Waals surface area contributed by atoms with E-state index in [1.54, 1.807) is 27.7 Å². The van der Waals surface area contributed by atoms with Crippen LogP contribution < -0.4 is 10.2 Å². The predicted molar refractivity (Wildman–Crippen MR) is 188 cm³/mol. The first kappa shape index (κ1) is 51.8. The Labute approximate surface area is 325 Å². The summed E-state index contributed by atoms with van der Waals surface area (Å²) in [6.07, 6.45) is 16.0. The van der Waals surface area contributed by atoms with Crippen LogP contribution in [0.1, 0.15) is 92.9 Å². The van der Waals surface area contributed by atoms with Crippen molar-refractivity contribution in [3.63, 3.8) is 0 Å². The van der Waals surface area contributed by atoms with Gasteiger partial charge in [-0.3, -0.25) is 9.59 Å².